The zero-order chi connectivity index (χ0) is 22.6. The first-order valence-corrected chi connectivity index (χ1v) is 10.9. The van der Waals surface area contributed by atoms with Crippen molar-refractivity contribution in [1.29, 1.82) is 0 Å². The Morgan fingerprint density at radius 3 is 2.61 bits per heavy atom. The maximum Gasteiger partial charge on any atom is 0.265 e. The first kappa shape index (κ1) is 22.7. The number of carbonyl (C=O) groups excluding carboxylic acids is 2. The van der Waals surface area contributed by atoms with Gasteiger partial charge in [-0.05, 0) is 54.9 Å². The van der Waals surface area contributed by atoms with Crippen LogP contribution in [0, 0.1) is 19.3 Å². The molecule has 2 aromatic heterocycles. The minimum Gasteiger partial charge on any atom is -0.361 e. The molecule has 3 aromatic rings. The number of aryl methyl sites for hydroxylation is 2. The third-order valence-corrected chi connectivity index (χ3v) is 5.88. The van der Waals surface area contributed by atoms with Crippen molar-refractivity contribution in [1.82, 2.24) is 10.1 Å². The molecule has 0 aliphatic heterocycles. The summed E-state index contributed by atoms with van der Waals surface area (Å²) in [5.41, 5.74) is 8.30. The van der Waals surface area contributed by atoms with E-state index >= 15 is 0 Å². The monoisotopic (exact) mass is 440 g/mol. The number of nitrogens with one attached hydrogen (secondary N) is 1. The Morgan fingerprint density at radius 1 is 1.23 bits per heavy atom. The van der Waals surface area contributed by atoms with Crippen LogP contribution >= 0.6 is 11.3 Å². The largest absolute Gasteiger partial charge is 0.361 e. The average Bonchev–Trinajstić information content (AvgIpc) is 3.37. The Bertz CT molecular complexity index is 1040. The van der Waals surface area contributed by atoms with Gasteiger partial charge < -0.3 is 20.5 Å². The summed E-state index contributed by atoms with van der Waals surface area (Å²) in [5, 5.41) is 8.70. The number of amides is 2. The Balaban J connectivity index is 1.84. The molecular formula is C23H28N4O3S. The number of anilines is 1. The lowest BCUT2D eigenvalue weighted by Crippen LogP contribution is -2.42. The van der Waals surface area contributed by atoms with Crippen molar-refractivity contribution in [2.24, 2.45) is 11.1 Å². The summed E-state index contributed by atoms with van der Waals surface area (Å²) in [6, 6.07) is 11.1. The number of rotatable bonds is 8. The van der Waals surface area contributed by atoms with Crippen LogP contribution in [0.3, 0.4) is 0 Å². The zero-order valence-corrected chi connectivity index (χ0v) is 19.1. The van der Waals surface area contributed by atoms with Gasteiger partial charge in [0.15, 0.2) is 0 Å². The molecule has 164 valence electrons. The molecule has 0 spiro atoms. The topological polar surface area (TPSA) is 101 Å². The molecule has 2 amide bonds. The molecule has 31 heavy (non-hydrogen) atoms. The van der Waals surface area contributed by atoms with Crippen LogP contribution < -0.4 is 11.1 Å². The van der Waals surface area contributed by atoms with Gasteiger partial charge in [0, 0.05) is 18.8 Å². The number of benzene rings is 1. The molecule has 1 aromatic carbocycles. The van der Waals surface area contributed by atoms with Crippen LogP contribution in [0.1, 0.15) is 50.9 Å². The number of aromatic nitrogens is 1. The summed E-state index contributed by atoms with van der Waals surface area (Å²) in [5.74, 6) is 0.195. The van der Waals surface area contributed by atoms with E-state index in [0.29, 0.717) is 47.2 Å². The second kappa shape index (κ2) is 9.45. The summed E-state index contributed by atoms with van der Waals surface area (Å²) >= 11 is 1.39. The molecule has 0 saturated carbocycles. The quantitative estimate of drug-likeness (QED) is 0.546. The van der Waals surface area contributed by atoms with E-state index in [9.17, 15) is 9.59 Å². The molecule has 3 rings (SSSR count). The second-order valence-corrected chi connectivity index (χ2v) is 9.31. The van der Waals surface area contributed by atoms with Crippen LogP contribution in [-0.4, -0.2) is 35.0 Å². The Morgan fingerprint density at radius 2 is 2.00 bits per heavy atom. The summed E-state index contributed by atoms with van der Waals surface area (Å²) < 4.78 is 5.20. The first-order valence-electron chi connectivity index (χ1n) is 10.1. The molecule has 7 nitrogen and oxygen atoms in total. The highest BCUT2D eigenvalue weighted by Crippen LogP contribution is 2.23. The van der Waals surface area contributed by atoms with Crippen LogP contribution in [0.4, 0.5) is 5.69 Å². The van der Waals surface area contributed by atoms with Crippen LogP contribution in [0.25, 0.3) is 0 Å². The van der Waals surface area contributed by atoms with Gasteiger partial charge in [-0.3, -0.25) is 9.59 Å². The van der Waals surface area contributed by atoms with E-state index in [1.807, 2.05) is 49.6 Å². The molecule has 0 atom stereocenters. The van der Waals surface area contributed by atoms with Gasteiger partial charge in [0.25, 0.3) is 11.8 Å². The van der Waals surface area contributed by atoms with E-state index < -0.39 is 0 Å². The number of nitrogens with zero attached hydrogens (tertiary/aromatic N) is 2. The molecule has 0 aliphatic carbocycles. The molecule has 3 N–H and O–H groups in total. The smallest absolute Gasteiger partial charge is 0.265 e. The van der Waals surface area contributed by atoms with Gasteiger partial charge in [-0.15, -0.1) is 11.3 Å². The van der Waals surface area contributed by atoms with E-state index in [1.165, 1.54) is 11.3 Å². The second-order valence-electron chi connectivity index (χ2n) is 8.36. The van der Waals surface area contributed by atoms with E-state index in [1.54, 1.807) is 24.8 Å². The fraction of sp³-hybridized carbons (Fsp3) is 0.348. The zero-order valence-electron chi connectivity index (χ0n) is 18.3. The third kappa shape index (κ3) is 5.59. The summed E-state index contributed by atoms with van der Waals surface area (Å²) in [6.45, 7) is 8.83. The van der Waals surface area contributed by atoms with E-state index in [0.717, 1.165) is 5.56 Å². The Kier molecular flexibility index (Phi) is 6.92. The summed E-state index contributed by atoms with van der Waals surface area (Å²) in [4.78, 5) is 28.2. The van der Waals surface area contributed by atoms with Gasteiger partial charge in [-0.1, -0.05) is 37.2 Å². The summed E-state index contributed by atoms with van der Waals surface area (Å²) in [7, 11) is 0. The number of hydrogen-bond donors (Lipinski definition) is 2. The van der Waals surface area contributed by atoms with Crippen LogP contribution in [-0.2, 0) is 6.54 Å². The van der Waals surface area contributed by atoms with Gasteiger partial charge in [0.05, 0.1) is 10.6 Å². The molecule has 2 heterocycles. The standard InChI is InChI=1S/C23H28N4O3S/c1-15-20(16(2)30-26-15)22(29)27(14-23(3,4)13-24)12-17-7-5-8-18(11-17)25-21(28)19-9-6-10-31-19/h5-11H,12-14,24H2,1-4H3,(H,25,28). The maximum atomic E-state index is 13.4. The van der Waals surface area contributed by atoms with E-state index in [-0.39, 0.29) is 17.2 Å². The number of nitrogens with two attached hydrogens (primary N) is 1. The van der Waals surface area contributed by atoms with Crippen LogP contribution in [0.15, 0.2) is 46.3 Å². The predicted molar refractivity (Wildman–Crippen MR) is 122 cm³/mol. The van der Waals surface area contributed by atoms with Crippen molar-refractivity contribution in [2.45, 2.75) is 34.2 Å². The lowest BCUT2D eigenvalue weighted by atomic mass is 9.92. The van der Waals surface area contributed by atoms with Gasteiger partial charge in [-0.2, -0.15) is 0 Å². The molecule has 0 fully saturated rings. The first-order chi connectivity index (χ1) is 14.7. The lowest BCUT2D eigenvalue weighted by molar-refractivity contribution is 0.0670. The van der Waals surface area contributed by atoms with Gasteiger partial charge >= 0.3 is 0 Å². The highest BCUT2D eigenvalue weighted by atomic mass is 32.1. The van der Waals surface area contributed by atoms with Crippen molar-refractivity contribution in [3.8, 4) is 0 Å². The molecule has 0 bridgehead atoms. The molecule has 0 unspecified atom stereocenters. The number of hydrogen-bond acceptors (Lipinski definition) is 6. The third-order valence-electron chi connectivity index (χ3n) is 5.01. The maximum absolute atomic E-state index is 13.4. The predicted octanol–water partition coefficient (Wildman–Crippen LogP) is 4.23. The van der Waals surface area contributed by atoms with Crippen LogP contribution in [0.5, 0.6) is 0 Å². The van der Waals surface area contributed by atoms with Crippen molar-refractivity contribution in [3.63, 3.8) is 0 Å². The molecule has 0 saturated heterocycles. The summed E-state index contributed by atoms with van der Waals surface area (Å²) in [6.07, 6.45) is 0. The molecular weight excluding hydrogens is 412 g/mol. The van der Waals surface area contributed by atoms with Crippen molar-refractivity contribution >= 4 is 28.8 Å². The van der Waals surface area contributed by atoms with Crippen molar-refractivity contribution < 1.29 is 14.1 Å². The minimum absolute atomic E-state index is 0.147. The van der Waals surface area contributed by atoms with E-state index in [4.69, 9.17) is 10.3 Å². The molecule has 8 heteroatoms. The van der Waals surface area contributed by atoms with Crippen LogP contribution in [0.2, 0.25) is 0 Å². The van der Waals surface area contributed by atoms with E-state index in [2.05, 4.69) is 10.5 Å². The van der Waals surface area contributed by atoms with Gasteiger partial charge in [0.1, 0.15) is 11.3 Å². The normalized spacial score (nSPS) is 11.4. The fourth-order valence-electron chi connectivity index (χ4n) is 3.30. The SMILES string of the molecule is Cc1noc(C)c1C(=O)N(Cc1cccc(NC(=O)c2cccs2)c1)CC(C)(C)CN. The Hall–Kier alpha value is -2.97. The van der Waals surface area contributed by atoms with Crippen molar-refractivity contribution in [3.05, 3.63) is 69.2 Å². The Labute approximate surface area is 186 Å². The molecule has 0 radical (unpaired) electrons. The highest BCUT2D eigenvalue weighted by molar-refractivity contribution is 7.12. The number of carbonyl (C=O) groups is 2. The fourth-order valence-corrected chi connectivity index (χ4v) is 3.91. The van der Waals surface area contributed by atoms with Gasteiger partial charge in [-0.25, -0.2) is 0 Å². The lowest BCUT2D eigenvalue weighted by Gasteiger charge is -2.32. The van der Waals surface area contributed by atoms with Crippen molar-refractivity contribution in [2.75, 3.05) is 18.4 Å². The van der Waals surface area contributed by atoms with Gasteiger partial charge in [0.2, 0.25) is 0 Å². The highest BCUT2D eigenvalue weighted by Gasteiger charge is 2.28. The minimum atomic E-state index is -0.264. The number of thiophene rings is 1. The molecule has 0 aliphatic rings. The average molecular weight is 441 g/mol.